The lowest BCUT2D eigenvalue weighted by Crippen LogP contribution is -2.28. The number of benzene rings is 1. The van der Waals surface area contributed by atoms with E-state index in [-0.39, 0.29) is 12.5 Å². The van der Waals surface area contributed by atoms with E-state index in [1.807, 2.05) is 11.4 Å². The van der Waals surface area contributed by atoms with Crippen LogP contribution in [-0.4, -0.2) is 31.1 Å². The van der Waals surface area contributed by atoms with Crippen LogP contribution in [0.4, 0.5) is 0 Å². The zero-order chi connectivity index (χ0) is 18.2. The van der Waals surface area contributed by atoms with Crippen molar-refractivity contribution in [2.24, 2.45) is 0 Å². The van der Waals surface area contributed by atoms with Crippen LogP contribution in [0.25, 0.3) is 0 Å². The van der Waals surface area contributed by atoms with E-state index in [0.29, 0.717) is 33.6 Å². The van der Waals surface area contributed by atoms with Crippen LogP contribution in [0.15, 0.2) is 35.7 Å². The summed E-state index contributed by atoms with van der Waals surface area (Å²) in [6.07, 6.45) is -0.295. The molecule has 25 heavy (non-hydrogen) atoms. The number of esters is 1. The molecule has 8 heteroatoms. The number of rotatable bonds is 8. The van der Waals surface area contributed by atoms with E-state index in [0.717, 1.165) is 0 Å². The quantitative estimate of drug-likeness (QED) is 0.531. The minimum absolute atomic E-state index is 0.129. The number of hydrogen-bond donors (Lipinski definition) is 1. The molecule has 0 fully saturated rings. The minimum Gasteiger partial charge on any atom is -0.477 e. The Labute approximate surface area is 159 Å². The van der Waals surface area contributed by atoms with Crippen molar-refractivity contribution in [3.05, 3.63) is 50.6 Å². The summed E-state index contributed by atoms with van der Waals surface area (Å²) in [5.74, 6) is -0.273. The first-order chi connectivity index (χ1) is 12.0. The molecule has 1 atom stereocenters. The molecule has 0 saturated carbocycles. The topological polar surface area (TPSA) is 64.6 Å². The lowest BCUT2D eigenvalue weighted by Gasteiger charge is -2.15. The fourth-order valence-corrected chi connectivity index (χ4v) is 2.96. The summed E-state index contributed by atoms with van der Waals surface area (Å²) >= 11 is 13.2. The van der Waals surface area contributed by atoms with Gasteiger partial charge in [0, 0.05) is 11.6 Å². The normalized spacial score (nSPS) is 11.6. The Morgan fingerprint density at radius 1 is 1.28 bits per heavy atom. The molecule has 1 aromatic heterocycles. The van der Waals surface area contributed by atoms with Crippen molar-refractivity contribution in [2.75, 3.05) is 13.2 Å². The maximum absolute atomic E-state index is 11.9. The average Bonchev–Trinajstić information content (AvgIpc) is 3.11. The van der Waals surface area contributed by atoms with Gasteiger partial charge < -0.3 is 14.8 Å². The van der Waals surface area contributed by atoms with Gasteiger partial charge in [-0.05, 0) is 43.0 Å². The van der Waals surface area contributed by atoms with Crippen LogP contribution in [0.1, 0.15) is 23.0 Å². The molecule has 1 heterocycles. The smallest absolute Gasteiger partial charge is 0.347 e. The standard InChI is InChI=1S/C17H17Cl2NO4S/c1-11(24-14-6-5-12(18)10-13(14)19)17(22)23-8-3-7-20-16(21)15-4-2-9-25-15/h2,4-6,9-11H,3,7-8H2,1H3,(H,20,21). The zero-order valence-corrected chi connectivity index (χ0v) is 15.8. The second-order valence-corrected chi connectivity index (χ2v) is 6.88. The van der Waals surface area contributed by atoms with Crippen LogP contribution in [0.3, 0.4) is 0 Å². The van der Waals surface area contributed by atoms with E-state index in [1.165, 1.54) is 17.4 Å². The summed E-state index contributed by atoms with van der Waals surface area (Å²) in [4.78, 5) is 24.3. The summed E-state index contributed by atoms with van der Waals surface area (Å²) in [6, 6.07) is 8.31. The Bertz CT molecular complexity index is 721. The molecule has 0 aliphatic rings. The van der Waals surface area contributed by atoms with Crippen LogP contribution in [0, 0.1) is 0 Å². The maximum atomic E-state index is 11.9. The molecule has 0 spiro atoms. The molecule has 5 nitrogen and oxygen atoms in total. The first-order valence-electron chi connectivity index (χ1n) is 7.57. The zero-order valence-electron chi connectivity index (χ0n) is 13.5. The number of nitrogens with one attached hydrogen (secondary N) is 1. The van der Waals surface area contributed by atoms with E-state index in [2.05, 4.69) is 5.32 Å². The summed E-state index contributed by atoms with van der Waals surface area (Å²) < 4.78 is 10.6. The summed E-state index contributed by atoms with van der Waals surface area (Å²) in [7, 11) is 0. The third-order valence-electron chi connectivity index (χ3n) is 3.13. The number of carbonyl (C=O) groups is 2. The van der Waals surface area contributed by atoms with Gasteiger partial charge in [-0.25, -0.2) is 4.79 Å². The van der Waals surface area contributed by atoms with Gasteiger partial charge in [0.1, 0.15) is 5.75 Å². The predicted molar refractivity (Wildman–Crippen MR) is 98.8 cm³/mol. The van der Waals surface area contributed by atoms with Crippen LogP contribution in [-0.2, 0) is 9.53 Å². The van der Waals surface area contributed by atoms with Crippen LogP contribution in [0.5, 0.6) is 5.75 Å². The van der Waals surface area contributed by atoms with Gasteiger partial charge in [0.2, 0.25) is 0 Å². The molecule has 2 aromatic rings. The molecule has 1 amide bonds. The molecule has 1 N–H and O–H groups in total. The molecule has 0 bridgehead atoms. The molecule has 2 rings (SSSR count). The van der Waals surface area contributed by atoms with Crippen molar-refractivity contribution in [3.8, 4) is 5.75 Å². The predicted octanol–water partition coefficient (Wildman–Crippen LogP) is 4.19. The molecule has 0 aliphatic heterocycles. The van der Waals surface area contributed by atoms with Crippen LogP contribution < -0.4 is 10.1 Å². The highest BCUT2D eigenvalue weighted by Crippen LogP contribution is 2.28. The number of amides is 1. The summed E-state index contributed by atoms with van der Waals surface area (Å²) in [6.45, 7) is 2.18. The third kappa shape index (κ3) is 6.23. The molecule has 0 saturated heterocycles. The molecule has 0 radical (unpaired) electrons. The van der Waals surface area contributed by atoms with E-state index >= 15 is 0 Å². The van der Waals surface area contributed by atoms with Gasteiger partial charge in [-0.15, -0.1) is 11.3 Å². The van der Waals surface area contributed by atoms with E-state index in [1.54, 1.807) is 25.1 Å². The van der Waals surface area contributed by atoms with Gasteiger partial charge in [-0.1, -0.05) is 29.3 Å². The monoisotopic (exact) mass is 401 g/mol. The van der Waals surface area contributed by atoms with Crippen molar-refractivity contribution in [3.63, 3.8) is 0 Å². The van der Waals surface area contributed by atoms with Crippen molar-refractivity contribution < 1.29 is 19.1 Å². The Balaban J connectivity index is 1.66. The number of thiophene rings is 1. The number of ether oxygens (including phenoxy) is 2. The van der Waals surface area contributed by atoms with Crippen molar-refractivity contribution in [1.29, 1.82) is 0 Å². The molecule has 1 unspecified atom stereocenters. The van der Waals surface area contributed by atoms with Gasteiger partial charge >= 0.3 is 5.97 Å². The largest absolute Gasteiger partial charge is 0.477 e. The van der Waals surface area contributed by atoms with Gasteiger partial charge in [0.15, 0.2) is 6.10 Å². The molecule has 134 valence electrons. The lowest BCUT2D eigenvalue weighted by molar-refractivity contribution is -0.151. The lowest BCUT2D eigenvalue weighted by atomic mass is 10.3. The average molecular weight is 402 g/mol. The number of hydrogen-bond acceptors (Lipinski definition) is 5. The highest BCUT2D eigenvalue weighted by Gasteiger charge is 2.17. The van der Waals surface area contributed by atoms with Crippen LogP contribution >= 0.6 is 34.5 Å². The van der Waals surface area contributed by atoms with Gasteiger partial charge in [0.25, 0.3) is 5.91 Å². The Kier molecular flexibility index (Phi) is 7.55. The Hall–Kier alpha value is -1.76. The van der Waals surface area contributed by atoms with Crippen molar-refractivity contribution in [2.45, 2.75) is 19.4 Å². The van der Waals surface area contributed by atoms with E-state index < -0.39 is 12.1 Å². The van der Waals surface area contributed by atoms with Gasteiger partial charge in [0.05, 0.1) is 16.5 Å². The SMILES string of the molecule is CC(Oc1ccc(Cl)cc1Cl)C(=O)OCCCNC(=O)c1cccs1. The Morgan fingerprint density at radius 3 is 2.76 bits per heavy atom. The molecular formula is C17H17Cl2NO4S. The molecule has 0 aliphatic carbocycles. The van der Waals surface area contributed by atoms with Crippen LogP contribution in [0.2, 0.25) is 10.0 Å². The minimum atomic E-state index is -0.806. The first-order valence-corrected chi connectivity index (χ1v) is 9.21. The number of halogens is 2. The van der Waals surface area contributed by atoms with E-state index in [4.69, 9.17) is 32.7 Å². The number of carbonyl (C=O) groups excluding carboxylic acids is 2. The fraction of sp³-hybridized carbons (Fsp3) is 0.294. The maximum Gasteiger partial charge on any atom is 0.347 e. The van der Waals surface area contributed by atoms with E-state index in [9.17, 15) is 9.59 Å². The Morgan fingerprint density at radius 2 is 2.08 bits per heavy atom. The fourth-order valence-electron chi connectivity index (χ4n) is 1.87. The summed E-state index contributed by atoms with van der Waals surface area (Å²) in [5.41, 5.74) is 0. The second-order valence-electron chi connectivity index (χ2n) is 5.09. The molecular weight excluding hydrogens is 385 g/mol. The third-order valence-corrected chi connectivity index (χ3v) is 4.52. The van der Waals surface area contributed by atoms with Crippen molar-refractivity contribution >= 4 is 46.4 Å². The highest BCUT2D eigenvalue weighted by molar-refractivity contribution is 7.12. The van der Waals surface area contributed by atoms with Crippen molar-refractivity contribution in [1.82, 2.24) is 5.32 Å². The first kappa shape index (κ1) is 19.6. The highest BCUT2D eigenvalue weighted by atomic mass is 35.5. The van der Waals surface area contributed by atoms with Gasteiger partial charge in [-0.3, -0.25) is 4.79 Å². The second kappa shape index (κ2) is 9.65. The summed E-state index contributed by atoms with van der Waals surface area (Å²) in [5, 5.41) is 5.40. The van der Waals surface area contributed by atoms with Gasteiger partial charge in [-0.2, -0.15) is 0 Å². The molecule has 1 aromatic carbocycles.